The molecule has 1 aliphatic rings. The topological polar surface area (TPSA) is 64.4 Å². The lowest BCUT2D eigenvalue weighted by Crippen LogP contribution is -2.36. The van der Waals surface area contributed by atoms with E-state index in [-0.39, 0.29) is 25.6 Å². The molecule has 1 aliphatic heterocycles. The Bertz CT molecular complexity index is 1220. The molecule has 0 unspecified atom stereocenters. The second-order valence-corrected chi connectivity index (χ2v) is 9.88. The van der Waals surface area contributed by atoms with Gasteiger partial charge in [0.15, 0.2) is 0 Å². The molecule has 1 aromatic heterocycles. The average Bonchev–Trinajstić information content (AvgIpc) is 3.05. The first-order chi connectivity index (χ1) is 14.8. The molecular weight excluding hydrogens is 417 g/mol. The molecule has 0 atom stereocenters. The van der Waals surface area contributed by atoms with Crippen molar-refractivity contribution in [3.8, 4) is 0 Å². The van der Waals surface area contributed by atoms with Gasteiger partial charge in [0.05, 0.1) is 23.8 Å². The minimum Gasteiger partial charge on any atom is -0.370 e. The van der Waals surface area contributed by atoms with E-state index >= 15 is 0 Å². The van der Waals surface area contributed by atoms with Crippen LogP contribution in [-0.4, -0.2) is 29.0 Å². The van der Waals surface area contributed by atoms with E-state index in [1.54, 1.807) is 22.9 Å². The minimum atomic E-state index is -3.62. The Kier molecular flexibility index (Phi) is 5.96. The van der Waals surface area contributed by atoms with E-state index in [1.165, 1.54) is 16.4 Å². The summed E-state index contributed by atoms with van der Waals surface area (Å²) in [5.74, 6) is -0.302. The average molecular weight is 444 g/mol. The van der Waals surface area contributed by atoms with E-state index in [2.05, 4.69) is 5.10 Å². The van der Waals surface area contributed by atoms with Gasteiger partial charge in [0.1, 0.15) is 5.82 Å². The van der Waals surface area contributed by atoms with Crippen LogP contribution in [0.5, 0.6) is 0 Å². The van der Waals surface area contributed by atoms with Gasteiger partial charge < -0.3 is 4.74 Å². The predicted octanol–water partition coefficient (Wildman–Crippen LogP) is 3.64. The van der Waals surface area contributed by atoms with Crippen LogP contribution in [0.15, 0.2) is 47.4 Å². The molecular formula is C23H26FN3O3S. The van der Waals surface area contributed by atoms with Gasteiger partial charge in [-0.05, 0) is 48.7 Å². The van der Waals surface area contributed by atoms with E-state index in [0.717, 1.165) is 33.6 Å². The zero-order valence-electron chi connectivity index (χ0n) is 17.9. The standard InChI is InChI=1S/C23H26FN3O3S/c1-16-7-8-17(2)23(11-16)31(28,29)27-10-9-22-20(13-27)21(25-26(22)3)15-30-14-18-5-4-6-19(24)12-18/h4-8,11-12H,9-10,13-15H2,1-3H3. The van der Waals surface area contributed by atoms with Gasteiger partial charge in [0.25, 0.3) is 0 Å². The van der Waals surface area contributed by atoms with E-state index < -0.39 is 10.0 Å². The number of halogens is 1. The molecule has 0 amide bonds. The molecule has 0 spiro atoms. The van der Waals surface area contributed by atoms with Gasteiger partial charge in [-0.3, -0.25) is 4.68 Å². The summed E-state index contributed by atoms with van der Waals surface area (Å²) < 4.78 is 49.2. The summed E-state index contributed by atoms with van der Waals surface area (Å²) in [6, 6.07) is 11.8. The zero-order chi connectivity index (χ0) is 22.2. The van der Waals surface area contributed by atoms with Crippen LogP contribution in [0.3, 0.4) is 0 Å². The fraction of sp³-hybridized carbons (Fsp3) is 0.348. The van der Waals surface area contributed by atoms with Crippen molar-refractivity contribution in [1.29, 1.82) is 0 Å². The Labute approximate surface area is 182 Å². The van der Waals surface area contributed by atoms with E-state index in [1.807, 2.05) is 33.0 Å². The third-order valence-corrected chi connectivity index (χ3v) is 7.64. The molecule has 0 radical (unpaired) electrons. The molecule has 0 aliphatic carbocycles. The monoisotopic (exact) mass is 443 g/mol. The highest BCUT2D eigenvalue weighted by atomic mass is 32.2. The van der Waals surface area contributed by atoms with Gasteiger partial charge >= 0.3 is 0 Å². The van der Waals surface area contributed by atoms with Crippen molar-refractivity contribution in [2.45, 2.75) is 44.9 Å². The quantitative estimate of drug-likeness (QED) is 0.584. The van der Waals surface area contributed by atoms with Crippen molar-refractivity contribution in [2.24, 2.45) is 7.05 Å². The molecule has 0 saturated carbocycles. The first kappa shape index (κ1) is 21.7. The fourth-order valence-electron chi connectivity index (χ4n) is 3.98. The Balaban J connectivity index is 1.54. The lowest BCUT2D eigenvalue weighted by Gasteiger charge is -2.27. The maximum absolute atomic E-state index is 13.4. The predicted molar refractivity (Wildman–Crippen MR) is 115 cm³/mol. The lowest BCUT2D eigenvalue weighted by molar-refractivity contribution is 0.103. The molecule has 4 rings (SSSR count). The van der Waals surface area contributed by atoms with Gasteiger partial charge in [-0.25, -0.2) is 12.8 Å². The molecule has 3 aromatic rings. The second-order valence-electron chi connectivity index (χ2n) is 7.98. The van der Waals surface area contributed by atoms with E-state index in [9.17, 15) is 12.8 Å². The van der Waals surface area contributed by atoms with Crippen molar-refractivity contribution in [2.75, 3.05) is 6.54 Å². The van der Waals surface area contributed by atoms with Crippen molar-refractivity contribution >= 4 is 10.0 Å². The summed E-state index contributed by atoms with van der Waals surface area (Å²) in [6.45, 7) is 4.87. The van der Waals surface area contributed by atoms with Crippen LogP contribution in [0.25, 0.3) is 0 Å². The third-order valence-electron chi connectivity index (χ3n) is 5.65. The molecule has 6 nitrogen and oxygen atoms in total. The molecule has 31 heavy (non-hydrogen) atoms. The maximum atomic E-state index is 13.4. The molecule has 8 heteroatoms. The van der Waals surface area contributed by atoms with Crippen LogP contribution in [0.4, 0.5) is 4.39 Å². The smallest absolute Gasteiger partial charge is 0.243 e. The number of rotatable bonds is 6. The maximum Gasteiger partial charge on any atom is 0.243 e. The fourth-order valence-corrected chi connectivity index (χ4v) is 5.70. The number of hydrogen-bond acceptors (Lipinski definition) is 4. The Morgan fingerprint density at radius 1 is 1.13 bits per heavy atom. The number of sulfonamides is 1. The number of benzene rings is 2. The van der Waals surface area contributed by atoms with Gasteiger partial charge in [0, 0.05) is 37.8 Å². The molecule has 0 saturated heterocycles. The Morgan fingerprint density at radius 2 is 1.94 bits per heavy atom. The van der Waals surface area contributed by atoms with Gasteiger partial charge in [-0.15, -0.1) is 0 Å². The highest BCUT2D eigenvalue weighted by molar-refractivity contribution is 7.89. The van der Waals surface area contributed by atoms with Crippen molar-refractivity contribution in [3.63, 3.8) is 0 Å². The van der Waals surface area contributed by atoms with Gasteiger partial charge in [-0.2, -0.15) is 9.40 Å². The number of nitrogens with zero attached hydrogens (tertiary/aromatic N) is 3. The summed E-state index contributed by atoms with van der Waals surface area (Å²) in [6.07, 6.45) is 0.590. The first-order valence-electron chi connectivity index (χ1n) is 10.2. The van der Waals surface area contributed by atoms with Crippen molar-refractivity contribution in [1.82, 2.24) is 14.1 Å². The molecule has 0 fully saturated rings. The highest BCUT2D eigenvalue weighted by Crippen LogP contribution is 2.29. The SMILES string of the molecule is Cc1ccc(C)c(S(=O)(=O)N2CCc3c(c(COCc4cccc(F)c4)nn3C)C2)c1. The molecule has 0 N–H and O–H groups in total. The first-order valence-corrected chi connectivity index (χ1v) is 11.6. The summed E-state index contributed by atoms with van der Waals surface area (Å²) in [7, 11) is -1.76. The number of ether oxygens (including phenoxy) is 1. The van der Waals surface area contributed by atoms with Crippen LogP contribution in [-0.2, 0) is 48.0 Å². The summed E-state index contributed by atoms with van der Waals surface area (Å²) >= 11 is 0. The summed E-state index contributed by atoms with van der Waals surface area (Å²) in [5.41, 5.74) is 5.02. The molecule has 2 aromatic carbocycles. The Hall–Kier alpha value is -2.55. The highest BCUT2D eigenvalue weighted by Gasteiger charge is 2.32. The van der Waals surface area contributed by atoms with Crippen molar-refractivity contribution < 1.29 is 17.5 Å². The van der Waals surface area contributed by atoms with Crippen LogP contribution >= 0.6 is 0 Å². The molecule has 0 bridgehead atoms. The van der Waals surface area contributed by atoms with E-state index in [4.69, 9.17) is 4.74 Å². The summed E-state index contributed by atoms with van der Waals surface area (Å²) in [5, 5.41) is 4.56. The van der Waals surface area contributed by atoms with Crippen LogP contribution in [0, 0.1) is 19.7 Å². The van der Waals surface area contributed by atoms with E-state index in [0.29, 0.717) is 17.9 Å². The van der Waals surface area contributed by atoms with Crippen molar-refractivity contribution in [3.05, 3.63) is 81.9 Å². The zero-order valence-corrected chi connectivity index (χ0v) is 18.7. The minimum absolute atomic E-state index is 0.233. The number of aromatic nitrogens is 2. The molecule has 164 valence electrons. The van der Waals surface area contributed by atoms with Crippen LogP contribution in [0.2, 0.25) is 0 Å². The molecule has 2 heterocycles. The Morgan fingerprint density at radius 3 is 2.71 bits per heavy atom. The lowest BCUT2D eigenvalue weighted by atomic mass is 10.1. The van der Waals surface area contributed by atoms with Gasteiger partial charge in [0.2, 0.25) is 10.0 Å². The largest absolute Gasteiger partial charge is 0.370 e. The number of hydrogen-bond donors (Lipinski definition) is 0. The second kappa shape index (κ2) is 8.53. The third kappa shape index (κ3) is 4.42. The van der Waals surface area contributed by atoms with Crippen LogP contribution < -0.4 is 0 Å². The van der Waals surface area contributed by atoms with Gasteiger partial charge in [-0.1, -0.05) is 24.3 Å². The number of fused-ring (bicyclic) bond motifs is 1. The van der Waals surface area contributed by atoms with Crippen LogP contribution in [0.1, 0.15) is 33.6 Å². The normalized spacial score (nSPS) is 14.6. The summed E-state index contributed by atoms with van der Waals surface area (Å²) in [4.78, 5) is 0.351. The number of aryl methyl sites for hydroxylation is 3.